The molecule has 0 aromatic rings. The van der Waals surface area contributed by atoms with Crippen LogP contribution in [0.3, 0.4) is 0 Å². The van der Waals surface area contributed by atoms with E-state index >= 15 is 0 Å². The topological polar surface area (TPSA) is 15.3 Å². The smallest absolute Gasteiger partial charge is 0.0192 e. The molecule has 0 saturated carbocycles. The second kappa shape index (κ2) is 6.49. The lowest BCUT2D eigenvalue weighted by Gasteiger charge is -2.35. The van der Waals surface area contributed by atoms with Crippen molar-refractivity contribution in [2.24, 2.45) is 5.92 Å². The average Bonchev–Trinajstić information content (AvgIpc) is 2.26. The highest BCUT2D eigenvalue weighted by atomic mass is 15.2. The van der Waals surface area contributed by atoms with Crippen LogP contribution in [0, 0.1) is 5.92 Å². The van der Waals surface area contributed by atoms with E-state index in [9.17, 15) is 0 Å². The largest absolute Gasteiger partial charge is 0.313 e. The van der Waals surface area contributed by atoms with Gasteiger partial charge in [-0.1, -0.05) is 13.8 Å². The van der Waals surface area contributed by atoms with E-state index in [1.165, 1.54) is 32.4 Å². The normalized spacial score (nSPS) is 24.0. The number of hydrogen-bond acceptors (Lipinski definition) is 2. The summed E-state index contributed by atoms with van der Waals surface area (Å²) in [4.78, 5) is 2.63. The van der Waals surface area contributed by atoms with Crippen molar-refractivity contribution >= 4 is 0 Å². The standard InChI is InChI=1S/C13H28N2/c1-5-12(3)14-10-13(4)15-8-6-11(2)7-9-15/h11-14H,5-10H2,1-4H3. The fraction of sp³-hybridized carbons (Fsp3) is 1.00. The van der Waals surface area contributed by atoms with E-state index in [1.807, 2.05) is 0 Å². The van der Waals surface area contributed by atoms with Crippen molar-refractivity contribution in [1.29, 1.82) is 0 Å². The van der Waals surface area contributed by atoms with Crippen LogP contribution in [0.15, 0.2) is 0 Å². The second-order valence-electron chi connectivity index (χ2n) is 5.29. The first kappa shape index (κ1) is 13.0. The number of hydrogen-bond donors (Lipinski definition) is 1. The molecule has 2 unspecified atom stereocenters. The molecule has 2 heteroatoms. The molecule has 0 aromatic heterocycles. The van der Waals surface area contributed by atoms with Crippen molar-refractivity contribution < 1.29 is 0 Å². The van der Waals surface area contributed by atoms with Gasteiger partial charge in [-0.05, 0) is 52.1 Å². The summed E-state index contributed by atoms with van der Waals surface area (Å²) in [7, 11) is 0. The zero-order valence-electron chi connectivity index (χ0n) is 10.9. The fourth-order valence-electron chi connectivity index (χ4n) is 2.11. The molecule has 2 atom stereocenters. The van der Waals surface area contributed by atoms with E-state index in [0.717, 1.165) is 12.5 Å². The first-order valence-electron chi connectivity index (χ1n) is 6.61. The van der Waals surface area contributed by atoms with E-state index < -0.39 is 0 Å². The molecule has 1 fully saturated rings. The van der Waals surface area contributed by atoms with E-state index in [2.05, 4.69) is 37.9 Å². The third-order valence-corrected chi connectivity index (χ3v) is 3.82. The van der Waals surface area contributed by atoms with Crippen LogP contribution in [-0.4, -0.2) is 36.6 Å². The molecule has 0 amide bonds. The molecule has 0 spiro atoms. The van der Waals surface area contributed by atoms with Crippen molar-refractivity contribution in [3.8, 4) is 0 Å². The molecule has 1 rings (SSSR count). The average molecular weight is 212 g/mol. The monoisotopic (exact) mass is 212 g/mol. The van der Waals surface area contributed by atoms with Gasteiger partial charge in [-0.15, -0.1) is 0 Å². The summed E-state index contributed by atoms with van der Waals surface area (Å²) in [6, 6.07) is 1.36. The predicted octanol–water partition coefficient (Wildman–Crippen LogP) is 2.49. The van der Waals surface area contributed by atoms with Crippen LogP contribution in [0.4, 0.5) is 0 Å². The Morgan fingerprint density at radius 1 is 1.27 bits per heavy atom. The van der Waals surface area contributed by atoms with Gasteiger partial charge in [-0.25, -0.2) is 0 Å². The molecule has 1 saturated heterocycles. The molecule has 2 nitrogen and oxygen atoms in total. The summed E-state index contributed by atoms with van der Waals surface area (Å²) >= 11 is 0. The molecule has 1 N–H and O–H groups in total. The van der Waals surface area contributed by atoms with E-state index in [4.69, 9.17) is 0 Å². The zero-order valence-corrected chi connectivity index (χ0v) is 10.9. The highest BCUT2D eigenvalue weighted by Crippen LogP contribution is 2.17. The quantitative estimate of drug-likeness (QED) is 0.753. The van der Waals surface area contributed by atoms with Gasteiger partial charge in [0.15, 0.2) is 0 Å². The van der Waals surface area contributed by atoms with Crippen molar-refractivity contribution in [3.05, 3.63) is 0 Å². The lowest BCUT2D eigenvalue weighted by atomic mass is 9.98. The second-order valence-corrected chi connectivity index (χ2v) is 5.29. The van der Waals surface area contributed by atoms with Gasteiger partial charge in [0.25, 0.3) is 0 Å². The van der Waals surface area contributed by atoms with Gasteiger partial charge < -0.3 is 5.32 Å². The number of nitrogens with zero attached hydrogens (tertiary/aromatic N) is 1. The molecular formula is C13H28N2. The van der Waals surface area contributed by atoms with Gasteiger partial charge in [0, 0.05) is 18.6 Å². The Kier molecular flexibility index (Phi) is 5.62. The van der Waals surface area contributed by atoms with Gasteiger partial charge in [-0.3, -0.25) is 4.90 Å². The summed E-state index contributed by atoms with van der Waals surface area (Å²) in [6.07, 6.45) is 3.99. The number of rotatable bonds is 5. The van der Waals surface area contributed by atoms with Crippen LogP contribution in [0.5, 0.6) is 0 Å². The first-order valence-corrected chi connectivity index (χ1v) is 6.61. The lowest BCUT2D eigenvalue weighted by Crippen LogP contribution is -2.45. The number of likely N-dealkylation sites (tertiary alicyclic amines) is 1. The Morgan fingerprint density at radius 2 is 1.87 bits per heavy atom. The minimum atomic E-state index is 0.663. The molecule has 0 aromatic carbocycles. The van der Waals surface area contributed by atoms with Gasteiger partial charge in [0.05, 0.1) is 0 Å². The zero-order chi connectivity index (χ0) is 11.3. The summed E-state index contributed by atoms with van der Waals surface area (Å²) < 4.78 is 0. The van der Waals surface area contributed by atoms with E-state index in [1.54, 1.807) is 0 Å². The van der Waals surface area contributed by atoms with Crippen LogP contribution in [-0.2, 0) is 0 Å². The van der Waals surface area contributed by atoms with E-state index in [-0.39, 0.29) is 0 Å². The third kappa shape index (κ3) is 4.52. The minimum absolute atomic E-state index is 0.663. The molecule has 0 bridgehead atoms. The van der Waals surface area contributed by atoms with Crippen LogP contribution >= 0.6 is 0 Å². The van der Waals surface area contributed by atoms with Gasteiger partial charge in [0.2, 0.25) is 0 Å². The van der Waals surface area contributed by atoms with Crippen molar-refractivity contribution in [2.45, 2.75) is 59.0 Å². The maximum absolute atomic E-state index is 3.60. The molecule has 0 aliphatic carbocycles. The van der Waals surface area contributed by atoms with Gasteiger partial charge >= 0.3 is 0 Å². The fourth-order valence-corrected chi connectivity index (χ4v) is 2.11. The SMILES string of the molecule is CCC(C)NCC(C)N1CCC(C)CC1. The van der Waals surface area contributed by atoms with Crippen LogP contribution in [0.2, 0.25) is 0 Å². The van der Waals surface area contributed by atoms with Crippen molar-refractivity contribution in [1.82, 2.24) is 10.2 Å². The molecule has 15 heavy (non-hydrogen) atoms. The van der Waals surface area contributed by atoms with Gasteiger partial charge in [-0.2, -0.15) is 0 Å². The van der Waals surface area contributed by atoms with Crippen molar-refractivity contribution in [3.63, 3.8) is 0 Å². The van der Waals surface area contributed by atoms with E-state index in [0.29, 0.717) is 12.1 Å². The Morgan fingerprint density at radius 3 is 2.40 bits per heavy atom. The first-order chi connectivity index (χ1) is 7.13. The summed E-state index contributed by atoms with van der Waals surface area (Å²) in [5, 5.41) is 3.60. The number of nitrogens with one attached hydrogen (secondary N) is 1. The summed E-state index contributed by atoms with van der Waals surface area (Å²) in [6.45, 7) is 13.0. The Labute approximate surface area is 95.4 Å². The molecule has 1 heterocycles. The minimum Gasteiger partial charge on any atom is -0.313 e. The highest BCUT2D eigenvalue weighted by Gasteiger charge is 2.19. The summed E-state index contributed by atoms with van der Waals surface area (Å²) in [5.74, 6) is 0.941. The number of piperidine rings is 1. The van der Waals surface area contributed by atoms with Crippen molar-refractivity contribution in [2.75, 3.05) is 19.6 Å². The Bertz CT molecular complexity index is 162. The van der Waals surface area contributed by atoms with Crippen LogP contribution in [0.1, 0.15) is 47.0 Å². The molecule has 0 radical (unpaired) electrons. The van der Waals surface area contributed by atoms with Crippen LogP contribution < -0.4 is 5.32 Å². The third-order valence-electron chi connectivity index (χ3n) is 3.82. The molecule has 90 valence electrons. The molecule has 1 aliphatic rings. The highest BCUT2D eigenvalue weighted by molar-refractivity contribution is 4.76. The maximum Gasteiger partial charge on any atom is 0.0192 e. The molecule has 1 aliphatic heterocycles. The Hall–Kier alpha value is -0.0800. The predicted molar refractivity (Wildman–Crippen MR) is 67.2 cm³/mol. The summed E-state index contributed by atoms with van der Waals surface area (Å²) in [5.41, 5.74) is 0. The lowest BCUT2D eigenvalue weighted by molar-refractivity contribution is 0.143. The molecular weight excluding hydrogens is 184 g/mol. The van der Waals surface area contributed by atoms with Gasteiger partial charge in [0.1, 0.15) is 0 Å². The Balaban J connectivity index is 2.19. The van der Waals surface area contributed by atoms with Crippen LogP contribution in [0.25, 0.3) is 0 Å². The maximum atomic E-state index is 3.60.